The summed E-state index contributed by atoms with van der Waals surface area (Å²) in [5, 5.41) is 0. The van der Waals surface area contributed by atoms with Gasteiger partial charge in [0, 0.05) is 0 Å². The van der Waals surface area contributed by atoms with Crippen molar-refractivity contribution in [3.8, 4) is 0 Å². The normalized spacial score (nSPS) is 12.5. The van der Waals surface area contributed by atoms with E-state index in [1.807, 2.05) is 0 Å². The molecule has 1 aromatic carbocycles. The van der Waals surface area contributed by atoms with Gasteiger partial charge in [-0.25, -0.2) is 0 Å². The smallest absolute Gasteiger partial charge is 0.0146 e. The Hall–Kier alpha value is -0.780. The highest BCUT2D eigenvalue weighted by Gasteiger charge is 2.10. The molecule has 1 rings (SSSR count). The first-order valence-corrected chi connectivity index (χ1v) is 8.35. The molecule has 1 atom stereocenters. The lowest BCUT2D eigenvalue weighted by molar-refractivity contribution is 0.501. The highest BCUT2D eigenvalue weighted by atomic mass is 14.1. The lowest BCUT2D eigenvalue weighted by Crippen LogP contribution is -1.99. The van der Waals surface area contributed by atoms with Gasteiger partial charge in [-0.1, -0.05) is 89.5 Å². The second kappa shape index (κ2) is 11.1. The van der Waals surface area contributed by atoms with Crippen LogP contribution in [0.15, 0.2) is 24.3 Å². The minimum atomic E-state index is 0.743. The lowest BCUT2D eigenvalue weighted by Gasteiger charge is -2.16. The van der Waals surface area contributed by atoms with Gasteiger partial charge >= 0.3 is 0 Å². The molecule has 0 aromatic heterocycles. The average molecular weight is 259 g/mol. The van der Waals surface area contributed by atoms with E-state index in [-0.39, 0.29) is 0 Å². The first-order chi connectivity index (χ1) is 9.38. The van der Waals surface area contributed by atoms with Crippen molar-refractivity contribution in [2.45, 2.75) is 84.0 Å². The molecule has 0 heterocycles. The Morgan fingerprint density at radius 3 is 2.21 bits per heavy atom. The van der Waals surface area contributed by atoms with Gasteiger partial charge in [0.25, 0.3) is 0 Å². The summed E-state index contributed by atoms with van der Waals surface area (Å²) >= 11 is 0. The quantitative estimate of drug-likeness (QED) is 0.397. The standard InChI is InChI=1S/C19H31/c1-3-5-7-8-9-11-15-18(14-6-4-2)19-16-12-10-13-17-19/h10,12-13,16,18H,3-9,11,14-15H2,1-2H3. The first-order valence-electron chi connectivity index (χ1n) is 8.35. The SMILES string of the molecule is CCCCCCCCC(CCCC)c1[c]cccc1. The maximum absolute atomic E-state index is 3.44. The van der Waals surface area contributed by atoms with Crippen molar-refractivity contribution < 1.29 is 0 Å². The van der Waals surface area contributed by atoms with Gasteiger partial charge in [0.05, 0.1) is 0 Å². The Balaban J connectivity index is 2.30. The molecule has 0 nitrogen and oxygen atoms in total. The molecule has 0 aliphatic carbocycles. The molecule has 0 saturated carbocycles. The van der Waals surface area contributed by atoms with Crippen molar-refractivity contribution in [2.75, 3.05) is 0 Å². The maximum Gasteiger partial charge on any atom is -0.0146 e. The Morgan fingerprint density at radius 2 is 1.53 bits per heavy atom. The van der Waals surface area contributed by atoms with Crippen LogP contribution in [0.3, 0.4) is 0 Å². The van der Waals surface area contributed by atoms with Crippen LogP contribution in [-0.2, 0) is 0 Å². The molecule has 1 unspecified atom stereocenters. The molecule has 19 heavy (non-hydrogen) atoms. The Morgan fingerprint density at radius 1 is 0.842 bits per heavy atom. The minimum absolute atomic E-state index is 0.743. The van der Waals surface area contributed by atoms with Crippen LogP contribution in [0.4, 0.5) is 0 Å². The van der Waals surface area contributed by atoms with Crippen LogP contribution in [0, 0.1) is 6.07 Å². The zero-order valence-corrected chi connectivity index (χ0v) is 13.0. The molecule has 107 valence electrons. The van der Waals surface area contributed by atoms with E-state index in [1.54, 1.807) is 0 Å². The van der Waals surface area contributed by atoms with E-state index < -0.39 is 0 Å². The predicted octanol–water partition coefficient (Wildman–Crippen LogP) is 6.51. The molecule has 0 aliphatic rings. The minimum Gasteiger partial charge on any atom is -0.0654 e. The molecule has 0 saturated heterocycles. The molecular formula is C19H31. The monoisotopic (exact) mass is 259 g/mol. The van der Waals surface area contributed by atoms with Gasteiger partial charge in [-0.3, -0.25) is 0 Å². The number of benzene rings is 1. The molecular weight excluding hydrogens is 228 g/mol. The van der Waals surface area contributed by atoms with Crippen LogP contribution >= 0.6 is 0 Å². The predicted molar refractivity (Wildman–Crippen MR) is 85.5 cm³/mol. The second-order valence-corrected chi connectivity index (χ2v) is 5.71. The summed E-state index contributed by atoms with van der Waals surface area (Å²) in [4.78, 5) is 0. The molecule has 0 heteroatoms. The molecule has 0 amide bonds. The molecule has 0 aliphatic heterocycles. The van der Waals surface area contributed by atoms with Crippen LogP contribution in [0.2, 0.25) is 0 Å². The Bertz CT molecular complexity index is 288. The summed E-state index contributed by atoms with van der Waals surface area (Å²) in [6, 6.07) is 12.0. The Kier molecular flexibility index (Phi) is 9.49. The van der Waals surface area contributed by atoms with E-state index in [2.05, 4.69) is 44.2 Å². The fourth-order valence-electron chi connectivity index (χ4n) is 2.74. The highest BCUT2D eigenvalue weighted by molar-refractivity contribution is 5.17. The van der Waals surface area contributed by atoms with Crippen LogP contribution in [0.25, 0.3) is 0 Å². The van der Waals surface area contributed by atoms with Crippen molar-refractivity contribution in [3.05, 3.63) is 35.9 Å². The van der Waals surface area contributed by atoms with E-state index in [4.69, 9.17) is 0 Å². The average Bonchev–Trinajstić information content (AvgIpc) is 2.46. The van der Waals surface area contributed by atoms with Crippen LogP contribution in [0.1, 0.15) is 89.5 Å². The summed E-state index contributed by atoms with van der Waals surface area (Å²) in [5.41, 5.74) is 1.43. The van der Waals surface area contributed by atoms with Crippen molar-refractivity contribution in [1.29, 1.82) is 0 Å². The van der Waals surface area contributed by atoms with Crippen molar-refractivity contribution in [1.82, 2.24) is 0 Å². The van der Waals surface area contributed by atoms with E-state index in [1.165, 1.54) is 69.8 Å². The number of hydrogen-bond acceptors (Lipinski definition) is 0. The lowest BCUT2D eigenvalue weighted by atomic mass is 9.88. The van der Waals surface area contributed by atoms with Crippen molar-refractivity contribution in [2.24, 2.45) is 0 Å². The van der Waals surface area contributed by atoms with Crippen LogP contribution in [-0.4, -0.2) is 0 Å². The number of rotatable bonds is 11. The van der Waals surface area contributed by atoms with Gasteiger partial charge < -0.3 is 0 Å². The van der Waals surface area contributed by atoms with Crippen molar-refractivity contribution >= 4 is 0 Å². The third-order valence-corrected chi connectivity index (χ3v) is 3.99. The maximum atomic E-state index is 3.44. The molecule has 0 N–H and O–H groups in total. The third-order valence-electron chi connectivity index (χ3n) is 3.99. The zero-order chi connectivity index (χ0) is 13.8. The summed E-state index contributed by atoms with van der Waals surface area (Å²) in [6.45, 7) is 4.57. The van der Waals surface area contributed by atoms with Gasteiger partial charge in [0.1, 0.15) is 0 Å². The van der Waals surface area contributed by atoms with E-state index in [9.17, 15) is 0 Å². The molecule has 1 aromatic rings. The van der Waals surface area contributed by atoms with Gasteiger partial charge in [-0.2, -0.15) is 0 Å². The molecule has 1 radical (unpaired) electrons. The summed E-state index contributed by atoms with van der Waals surface area (Å²) in [5.74, 6) is 0.743. The van der Waals surface area contributed by atoms with E-state index >= 15 is 0 Å². The largest absolute Gasteiger partial charge is 0.0654 e. The Labute approximate surface area is 120 Å². The number of hydrogen-bond donors (Lipinski definition) is 0. The van der Waals surface area contributed by atoms with E-state index in [0.29, 0.717) is 0 Å². The molecule has 0 spiro atoms. The van der Waals surface area contributed by atoms with Gasteiger partial charge in [-0.05, 0) is 30.4 Å². The fourth-order valence-corrected chi connectivity index (χ4v) is 2.74. The van der Waals surface area contributed by atoms with Crippen LogP contribution < -0.4 is 0 Å². The van der Waals surface area contributed by atoms with Gasteiger partial charge in [0.15, 0.2) is 0 Å². The summed E-state index contributed by atoms with van der Waals surface area (Å²) < 4.78 is 0. The zero-order valence-electron chi connectivity index (χ0n) is 13.0. The highest BCUT2D eigenvalue weighted by Crippen LogP contribution is 2.27. The molecule has 0 bridgehead atoms. The summed E-state index contributed by atoms with van der Waals surface area (Å²) in [6.07, 6.45) is 13.8. The fraction of sp³-hybridized carbons (Fsp3) is 0.684. The topological polar surface area (TPSA) is 0 Å². The van der Waals surface area contributed by atoms with Gasteiger partial charge in [-0.15, -0.1) is 0 Å². The van der Waals surface area contributed by atoms with E-state index in [0.717, 1.165) is 5.92 Å². The van der Waals surface area contributed by atoms with Gasteiger partial charge in [0.2, 0.25) is 0 Å². The summed E-state index contributed by atoms with van der Waals surface area (Å²) in [7, 11) is 0. The molecule has 0 fully saturated rings. The van der Waals surface area contributed by atoms with Crippen molar-refractivity contribution in [3.63, 3.8) is 0 Å². The second-order valence-electron chi connectivity index (χ2n) is 5.71. The first kappa shape index (κ1) is 16.3. The number of unbranched alkanes of at least 4 members (excludes halogenated alkanes) is 6. The third kappa shape index (κ3) is 7.40. The van der Waals surface area contributed by atoms with Crippen LogP contribution in [0.5, 0.6) is 0 Å².